The molecule has 0 unspecified atom stereocenters. The predicted octanol–water partition coefficient (Wildman–Crippen LogP) is 4.24. The Labute approximate surface area is 189 Å². The van der Waals surface area contributed by atoms with Gasteiger partial charge < -0.3 is 15.5 Å². The van der Waals surface area contributed by atoms with E-state index in [2.05, 4.69) is 45.2 Å². The smallest absolute Gasteiger partial charge is 0.220 e. The Hall–Kier alpha value is -2.36. The highest BCUT2D eigenvalue weighted by molar-refractivity contribution is 7.09. The number of benzene rings is 1. The van der Waals surface area contributed by atoms with Crippen LogP contribution in [0.2, 0.25) is 0 Å². The van der Waals surface area contributed by atoms with Crippen LogP contribution in [0.1, 0.15) is 55.4 Å². The summed E-state index contributed by atoms with van der Waals surface area (Å²) in [5.74, 6) is 0.176. The lowest BCUT2D eigenvalue weighted by molar-refractivity contribution is -0.122. The van der Waals surface area contributed by atoms with Crippen LogP contribution in [0.3, 0.4) is 0 Å². The minimum absolute atomic E-state index is 0.176. The maximum atomic E-state index is 12.6. The van der Waals surface area contributed by atoms with Gasteiger partial charge in [-0.3, -0.25) is 4.79 Å². The maximum Gasteiger partial charge on any atom is 0.220 e. The van der Waals surface area contributed by atoms with Crippen molar-refractivity contribution >= 4 is 22.9 Å². The fourth-order valence-electron chi connectivity index (χ4n) is 4.87. The standard InChI is InChI=1S/C25H32N4OS/c26-17-19-9-11-21(12-10-19)29-15-3-5-20(18-29)27-23-7-1-2-8-24(23)28-25(30)14-13-22-6-4-16-31-22/h4,6,9-12,16,20,23-24,27H,1-3,5,7-8,13-15,18H2,(H,28,30)/t20-,23+,24+/m0/s1. The van der Waals surface area contributed by atoms with Crippen molar-refractivity contribution in [2.75, 3.05) is 18.0 Å². The topological polar surface area (TPSA) is 68.2 Å². The second-order valence-corrected chi connectivity index (χ2v) is 9.79. The Morgan fingerprint density at radius 2 is 1.90 bits per heavy atom. The first-order valence-electron chi connectivity index (χ1n) is 11.5. The van der Waals surface area contributed by atoms with Crippen LogP contribution in [-0.4, -0.2) is 37.1 Å². The van der Waals surface area contributed by atoms with Crippen LogP contribution in [0.5, 0.6) is 0 Å². The molecule has 2 aliphatic rings. The number of amides is 1. The fourth-order valence-corrected chi connectivity index (χ4v) is 5.58. The van der Waals surface area contributed by atoms with Crippen LogP contribution in [0.4, 0.5) is 5.69 Å². The molecule has 1 aliphatic carbocycles. The van der Waals surface area contributed by atoms with Gasteiger partial charge in [0.1, 0.15) is 0 Å². The summed E-state index contributed by atoms with van der Waals surface area (Å²) in [5.41, 5.74) is 1.89. The van der Waals surface area contributed by atoms with Crippen molar-refractivity contribution in [2.24, 2.45) is 0 Å². The van der Waals surface area contributed by atoms with Gasteiger partial charge in [-0.25, -0.2) is 0 Å². The number of nitrogens with one attached hydrogen (secondary N) is 2. The van der Waals surface area contributed by atoms with E-state index in [0.717, 1.165) is 38.8 Å². The van der Waals surface area contributed by atoms with Crippen molar-refractivity contribution < 1.29 is 4.79 Å². The van der Waals surface area contributed by atoms with E-state index in [1.54, 1.807) is 11.3 Å². The summed E-state index contributed by atoms with van der Waals surface area (Å²) in [5, 5.41) is 18.3. The van der Waals surface area contributed by atoms with Gasteiger partial charge in [0.2, 0.25) is 5.91 Å². The molecule has 2 fully saturated rings. The first-order chi connectivity index (χ1) is 15.2. The average Bonchev–Trinajstić information content (AvgIpc) is 3.33. The van der Waals surface area contributed by atoms with Crippen molar-refractivity contribution in [3.8, 4) is 6.07 Å². The van der Waals surface area contributed by atoms with Crippen LogP contribution < -0.4 is 15.5 Å². The molecule has 1 aromatic carbocycles. The molecule has 1 aliphatic heterocycles. The monoisotopic (exact) mass is 436 g/mol. The summed E-state index contributed by atoms with van der Waals surface area (Å²) < 4.78 is 0. The van der Waals surface area contributed by atoms with Gasteiger partial charge in [-0.1, -0.05) is 18.9 Å². The van der Waals surface area contributed by atoms with Gasteiger partial charge in [-0.2, -0.15) is 5.26 Å². The lowest BCUT2D eigenvalue weighted by atomic mass is 9.88. The van der Waals surface area contributed by atoms with Crippen LogP contribution in [0, 0.1) is 11.3 Å². The number of thiophene rings is 1. The summed E-state index contributed by atoms with van der Waals surface area (Å²) in [6.45, 7) is 2.03. The minimum atomic E-state index is 0.176. The lowest BCUT2D eigenvalue weighted by Gasteiger charge is -2.40. The molecule has 5 nitrogen and oxygen atoms in total. The number of nitrogens with zero attached hydrogens (tertiary/aromatic N) is 2. The highest BCUT2D eigenvalue weighted by Gasteiger charge is 2.30. The SMILES string of the molecule is N#Cc1ccc(N2CCC[C@H](N[C@@H]3CCCC[C@H]3NC(=O)CCc3cccs3)C2)cc1. The second kappa shape index (κ2) is 10.8. The number of aryl methyl sites for hydroxylation is 1. The van der Waals surface area contributed by atoms with Crippen molar-refractivity contribution in [2.45, 2.75) is 69.5 Å². The third-order valence-electron chi connectivity index (χ3n) is 6.52. The second-order valence-electron chi connectivity index (χ2n) is 8.75. The van der Waals surface area contributed by atoms with Gasteiger partial charge >= 0.3 is 0 Å². The number of nitriles is 1. The molecule has 6 heteroatoms. The van der Waals surface area contributed by atoms with Gasteiger partial charge in [-0.15, -0.1) is 11.3 Å². The first-order valence-corrected chi connectivity index (χ1v) is 12.4. The number of rotatable bonds is 7. The molecule has 1 aromatic heterocycles. The van der Waals surface area contributed by atoms with Gasteiger partial charge in [0, 0.05) is 48.2 Å². The molecule has 3 atom stereocenters. The minimum Gasteiger partial charge on any atom is -0.370 e. The molecular formula is C25H32N4OS. The van der Waals surface area contributed by atoms with Crippen molar-refractivity contribution in [3.05, 3.63) is 52.2 Å². The molecule has 1 saturated carbocycles. The highest BCUT2D eigenvalue weighted by Crippen LogP contribution is 2.24. The molecule has 2 aromatic rings. The van der Waals surface area contributed by atoms with E-state index in [1.807, 2.05) is 18.2 Å². The van der Waals surface area contributed by atoms with Gasteiger partial charge in [0.15, 0.2) is 0 Å². The van der Waals surface area contributed by atoms with E-state index < -0.39 is 0 Å². The molecule has 31 heavy (non-hydrogen) atoms. The van der Waals surface area contributed by atoms with Crippen molar-refractivity contribution in [1.82, 2.24) is 10.6 Å². The van der Waals surface area contributed by atoms with Gasteiger partial charge in [-0.05, 0) is 67.8 Å². The molecule has 0 spiro atoms. The zero-order valence-corrected chi connectivity index (χ0v) is 18.9. The molecule has 0 bridgehead atoms. The third-order valence-corrected chi connectivity index (χ3v) is 7.46. The maximum absolute atomic E-state index is 12.6. The molecule has 2 N–H and O–H groups in total. The van der Waals surface area contributed by atoms with E-state index in [-0.39, 0.29) is 11.9 Å². The molecule has 2 heterocycles. The van der Waals surface area contributed by atoms with E-state index in [1.165, 1.54) is 29.8 Å². The van der Waals surface area contributed by atoms with E-state index in [9.17, 15) is 4.79 Å². The molecule has 0 radical (unpaired) electrons. The van der Waals surface area contributed by atoms with Gasteiger partial charge in [0.05, 0.1) is 11.6 Å². The molecule has 1 saturated heterocycles. The number of carbonyl (C=O) groups is 1. The summed E-state index contributed by atoms with van der Waals surface area (Å²) in [6.07, 6.45) is 8.33. The van der Waals surface area contributed by atoms with E-state index in [0.29, 0.717) is 24.1 Å². The van der Waals surface area contributed by atoms with Gasteiger partial charge in [0.25, 0.3) is 0 Å². The molecule has 164 valence electrons. The van der Waals surface area contributed by atoms with Crippen LogP contribution in [0.25, 0.3) is 0 Å². The zero-order chi connectivity index (χ0) is 21.5. The Morgan fingerprint density at radius 3 is 2.65 bits per heavy atom. The highest BCUT2D eigenvalue weighted by atomic mass is 32.1. The number of anilines is 1. The van der Waals surface area contributed by atoms with Crippen LogP contribution in [-0.2, 0) is 11.2 Å². The number of carbonyl (C=O) groups excluding carboxylic acids is 1. The molecule has 4 rings (SSSR count). The van der Waals surface area contributed by atoms with Crippen molar-refractivity contribution in [1.29, 1.82) is 5.26 Å². The molecule has 1 amide bonds. The quantitative estimate of drug-likeness (QED) is 0.681. The Kier molecular flexibility index (Phi) is 7.61. The summed E-state index contributed by atoms with van der Waals surface area (Å²) >= 11 is 1.72. The first kappa shape index (κ1) is 21.9. The summed E-state index contributed by atoms with van der Waals surface area (Å²) in [4.78, 5) is 16.3. The zero-order valence-electron chi connectivity index (χ0n) is 18.1. The summed E-state index contributed by atoms with van der Waals surface area (Å²) in [7, 11) is 0. The molecular weight excluding hydrogens is 404 g/mol. The van der Waals surface area contributed by atoms with E-state index >= 15 is 0 Å². The van der Waals surface area contributed by atoms with Crippen LogP contribution in [0.15, 0.2) is 41.8 Å². The predicted molar refractivity (Wildman–Crippen MR) is 126 cm³/mol. The fraction of sp³-hybridized carbons (Fsp3) is 0.520. The average molecular weight is 437 g/mol. The Bertz CT molecular complexity index is 874. The number of hydrogen-bond donors (Lipinski definition) is 2. The normalized spacial score (nSPS) is 23.8. The van der Waals surface area contributed by atoms with Crippen LogP contribution >= 0.6 is 11.3 Å². The number of hydrogen-bond acceptors (Lipinski definition) is 5. The Morgan fingerprint density at radius 1 is 1.10 bits per heavy atom. The number of piperidine rings is 1. The lowest BCUT2D eigenvalue weighted by Crippen LogP contribution is -2.57. The largest absolute Gasteiger partial charge is 0.370 e. The third kappa shape index (κ3) is 6.09. The summed E-state index contributed by atoms with van der Waals surface area (Å²) in [6, 6.07) is 15.3. The Balaban J connectivity index is 1.30. The van der Waals surface area contributed by atoms with Crippen molar-refractivity contribution in [3.63, 3.8) is 0 Å². The van der Waals surface area contributed by atoms with E-state index in [4.69, 9.17) is 5.26 Å².